The van der Waals surface area contributed by atoms with Crippen molar-refractivity contribution in [2.75, 3.05) is 24.5 Å². The Bertz CT molecular complexity index is 772. The molecule has 1 aliphatic heterocycles. The normalized spacial score (nSPS) is 13.3. The number of amidine groups is 1. The monoisotopic (exact) mass is 363 g/mol. The van der Waals surface area contributed by atoms with Gasteiger partial charge in [-0.2, -0.15) is 8.42 Å². The van der Waals surface area contributed by atoms with Gasteiger partial charge < -0.3 is 10.2 Å². The van der Waals surface area contributed by atoms with E-state index in [2.05, 4.69) is 75.9 Å². The Balaban J connectivity index is 0.000000399. The topological polar surface area (TPSA) is 102 Å². The molecule has 0 radical (unpaired) electrons. The molecule has 3 rings (SSSR count). The maximum absolute atomic E-state index is 8.74. The maximum Gasteiger partial charge on any atom is 0.394 e. The van der Waals surface area contributed by atoms with E-state index in [1.54, 1.807) is 0 Å². The Morgan fingerprint density at radius 2 is 1.52 bits per heavy atom. The van der Waals surface area contributed by atoms with Crippen LogP contribution in [0.3, 0.4) is 0 Å². The summed E-state index contributed by atoms with van der Waals surface area (Å²) < 4.78 is 31.6. The summed E-state index contributed by atoms with van der Waals surface area (Å²) in [7, 11) is -4.67. The number of nitrogens with zero attached hydrogens (tertiary/aromatic N) is 2. The van der Waals surface area contributed by atoms with Crippen molar-refractivity contribution in [3.8, 4) is 0 Å². The van der Waals surface area contributed by atoms with Crippen LogP contribution >= 0.6 is 0 Å². The van der Waals surface area contributed by atoms with Gasteiger partial charge in [0.15, 0.2) is 0 Å². The average Bonchev–Trinajstić information content (AvgIpc) is 3.08. The zero-order chi connectivity index (χ0) is 18.1. The fourth-order valence-corrected chi connectivity index (χ4v) is 2.41. The lowest BCUT2D eigenvalue weighted by atomic mass is 10.2. The van der Waals surface area contributed by atoms with E-state index in [9.17, 15) is 0 Å². The highest BCUT2D eigenvalue weighted by molar-refractivity contribution is 7.79. The van der Waals surface area contributed by atoms with Gasteiger partial charge in [-0.05, 0) is 17.7 Å². The number of rotatable bonds is 5. The van der Waals surface area contributed by atoms with Crippen LogP contribution in [0.2, 0.25) is 0 Å². The van der Waals surface area contributed by atoms with Crippen molar-refractivity contribution in [2.24, 2.45) is 4.99 Å². The van der Waals surface area contributed by atoms with Crippen molar-refractivity contribution in [1.29, 1.82) is 0 Å². The van der Waals surface area contributed by atoms with Crippen LogP contribution in [-0.4, -0.2) is 43.0 Å². The second-order valence-electron chi connectivity index (χ2n) is 5.38. The van der Waals surface area contributed by atoms with Gasteiger partial charge >= 0.3 is 10.4 Å². The van der Waals surface area contributed by atoms with Gasteiger partial charge in [0.05, 0.1) is 13.1 Å². The van der Waals surface area contributed by atoms with Gasteiger partial charge in [0, 0.05) is 18.8 Å². The van der Waals surface area contributed by atoms with Gasteiger partial charge in [-0.15, -0.1) is 0 Å². The molecule has 7 nitrogen and oxygen atoms in total. The number of benzene rings is 2. The summed E-state index contributed by atoms with van der Waals surface area (Å²) in [6.45, 7) is 3.58. The molecule has 0 spiro atoms. The highest BCUT2D eigenvalue weighted by atomic mass is 32.3. The Morgan fingerprint density at radius 3 is 2.04 bits per heavy atom. The molecule has 2 aromatic rings. The minimum Gasteiger partial charge on any atom is -0.370 e. The standard InChI is InChI=1S/C17H19N3.H2O4S/c1-3-7-15(8-4-1)13-20(14-17-18-11-12-19-17)16-9-5-2-6-10-16;1-5(2,3)4/h1-10H,11-14H2,(H,18,19);(H2,1,2,3,4). The summed E-state index contributed by atoms with van der Waals surface area (Å²) in [5, 5.41) is 3.35. The summed E-state index contributed by atoms with van der Waals surface area (Å²) in [6, 6.07) is 21.1. The molecular formula is C17H21N3O4S. The first-order valence-electron chi connectivity index (χ1n) is 7.73. The van der Waals surface area contributed by atoms with E-state index >= 15 is 0 Å². The molecule has 1 heterocycles. The molecule has 0 bridgehead atoms. The Morgan fingerprint density at radius 1 is 0.960 bits per heavy atom. The van der Waals surface area contributed by atoms with Crippen LogP contribution in [0.5, 0.6) is 0 Å². The van der Waals surface area contributed by atoms with Crippen molar-refractivity contribution in [2.45, 2.75) is 6.54 Å². The van der Waals surface area contributed by atoms with Gasteiger partial charge in [0.2, 0.25) is 0 Å². The lowest BCUT2D eigenvalue weighted by molar-refractivity contribution is 0.381. The summed E-state index contributed by atoms with van der Waals surface area (Å²) in [5.74, 6) is 1.09. The highest BCUT2D eigenvalue weighted by Crippen LogP contribution is 2.16. The van der Waals surface area contributed by atoms with Crippen LogP contribution in [0, 0.1) is 0 Å². The van der Waals surface area contributed by atoms with Crippen molar-refractivity contribution in [3.05, 3.63) is 66.2 Å². The summed E-state index contributed by atoms with van der Waals surface area (Å²) in [5.41, 5.74) is 2.54. The molecule has 1 aliphatic rings. The number of anilines is 1. The van der Waals surface area contributed by atoms with Gasteiger partial charge in [0.1, 0.15) is 5.84 Å². The fourth-order valence-electron chi connectivity index (χ4n) is 2.41. The number of hydrogen-bond acceptors (Lipinski definition) is 5. The molecule has 0 aromatic heterocycles. The van der Waals surface area contributed by atoms with Gasteiger partial charge in [-0.3, -0.25) is 14.1 Å². The van der Waals surface area contributed by atoms with Crippen molar-refractivity contribution >= 4 is 21.9 Å². The number of hydrogen-bond donors (Lipinski definition) is 3. The predicted molar refractivity (Wildman–Crippen MR) is 98.4 cm³/mol. The van der Waals surface area contributed by atoms with Crippen molar-refractivity contribution in [1.82, 2.24) is 5.32 Å². The summed E-state index contributed by atoms with van der Waals surface area (Å²) >= 11 is 0. The zero-order valence-electron chi connectivity index (χ0n) is 13.6. The Labute approximate surface area is 147 Å². The van der Waals surface area contributed by atoms with Crippen LogP contribution in [0.25, 0.3) is 0 Å². The smallest absolute Gasteiger partial charge is 0.370 e. The SMILES string of the molecule is O=S(=O)(O)O.c1ccc(CN(CC2=NCCN2)c2ccccc2)cc1. The minimum absolute atomic E-state index is 0.832. The molecule has 0 amide bonds. The van der Waals surface area contributed by atoms with Crippen molar-refractivity contribution < 1.29 is 17.5 Å². The minimum atomic E-state index is -4.67. The Hall–Kier alpha value is -2.42. The molecule has 3 N–H and O–H groups in total. The predicted octanol–water partition coefficient (Wildman–Crippen LogP) is 2.04. The highest BCUT2D eigenvalue weighted by Gasteiger charge is 2.12. The van der Waals surface area contributed by atoms with Gasteiger partial charge in [0.25, 0.3) is 0 Å². The van der Waals surface area contributed by atoms with E-state index in [1.165, 1.54) is 11.3 Å². The van der Waals surface area contributed by atoms with Crippen LogP contribution in [0.1, 0.15) is 5.56 Å². The van der Waals surface area contributed by atoms with E-state index in [0.717, 1.165) is 32.0 Å². The molecule has 0 unspecified atom stereocenters. The van der Waals surface area contributed by atoms with E-state index in [1.807, 2.05) is 0 Å². The third-order valence-corrected chi connectivity index (χ3v) is 3.42. The molecule has 0 aliphatic carbocycles. The quantitative estimate of drug-likeness (QED) is 0.703. The van der Waals surface area contributed by atoms with Crippen LogP contribution in [0.4, 0.5) is 5.69 Å². The van der Waals surface area contributed by atoms with Crippen LogP contribution in [0.15, 0.2) is 65.7 Å². The summed E-state index contributed by atoms with van der Waals surface area (Å²) in [4.78, 5) is 6.86. The third kappa shape index (κ3) is 7.79. The van der Waals surface area contributed by atoms with E-state index in [0.29, 0.717) is 0 Å². The van der Waals surface area contributed by atoms with Crippen LogP contribution in [-0.2, 0) is 16.9 Å². The maximum atomic E-state index is 8.74. The largest absolute Gasteiger partial charge is 0.394 e. The molecule has 0 fully saturated rings. The Kier molecular flexibility index (Phi) is 6.93. The first kappa shape index (κ1) is 18.9. The third-order valence-electron chi connectivity index (χ3n) is 3.42. The number of para-hydroxylation sites is 1. The zero-order valence-corrected chi connectivity index (χ0v) is 14.4. The van der Waals surface area contributed by atoms with Gasteiger partial charge in [-0.1, -0.05) is 48.5 Å². The van der Waals surface area contributed by atoms with E-state index < -0.39 is 10.4 Å². The first-order chi connectivity index (χ1) is 11.9. The lowest BCUT2D eigenvalue weighted by Gasteiger charge is -2.25. The number of aliphatic imine (C=N–C) groups is 1. The molecular weight excluding hydrogens is 342 g/mol. The molecule has 134 valence electrons. The number of nitrogens with one attached hydrogen (secondary N) is 1. The average molecular weight is 363 g/mol. The van der Waals surface area contributed by atoms with Crippen molar-refractivity contribution in [3.63, 3.8) is 0 Å². The second kappa shape index (κ2) is 9.16. The lowest BCUT2D eigenvalue weighted by Crippen LogP contribution is -2.34. The molecule has 0 saturated heterocycles. The molecule has 2 aromatic carbocycles. The molecule has 8 heteroatoms. The molecule has 25 heavy (non-hydrogen) atoms. The molecule has 0 atom stereocenters. The summed E-state index contributed by atoms with van der Waals surface area (Å²) in [6.07, 6.45) is 0. The van der Waals surface area contributed by atoms with Crippen LogP contribution < -0.4 is 10.2 Å². The van der Waals surface area contributed by atoms with E-state index in [4.69, 9.17) is 17.5 Å². The second-order valence-corrected chi connectivity index (χ2v) is 6.28. The van der Waals surface area contributed by atoms with E-state index in [-0.39, 0.29) is 0 Å². The van der Waals surface area contributed by atoms with Gasteiger partial charge in [-0.25, -0.2) is 0 Å². The first-order valence-corrected chi connectivity index (χ1v) is 9.12. The molecule has 0 saturated carbocycles. The fraction of sp³-hybridized carbons (Fsp3) is 0.235.